The van der Waals surface area contributed by atoms with Gasteiger partial charge in [0.2, 0.25) is 0 Å². The summed E-state index contributed by atoms with van der Waals surface area (Å²) >= 11 is 0. The molecule has 88 valence electrons. The minimum Gasteiger partial charge on any atom is -0.491 e. The summed E-state index contributed by atoms with van der Waals surface area (Å²) in [6.45, 7) is 2.63. The Morgan fingerprint density at radius 3 is 2.38 bits per heavy atom. The van der Waals surface area contributed by atoms with Gasteiger partial charge in [-0.25, -0.2) is 0 Å². The minimum absolute atomic E-state index is 0.0739. The Morgan fingerprint density at radius 2 is 1.88 bits per heavy atom. The average molecular weight is 224 g/mol. The van der Waals surface area contributed by atoms with Crippen molar-refractivity contribution in [1.82, 2.24) is 0 Å². The molecule has 1 rings (SSSR count). The Balaban J connectivity index is 2.48. The van der Waals surface area contributed by atoms with Gasteiger partial charge in [-0.15, -0.1) is 0 Å². The number of hydrogen-bond donors (Lipinski definition) is 2. The molecule has 4 nitrogen and oxygen atoms in total. The van der Waals surface area contributed by atoms with Crippen LogP contribution >= 0.6 is 0 Å². The minimum atomic E-state index is -1.43. The molecule has 0 aliphatic heterocycles. The van der Waals surface area contributed by atoms with Crippen molar-refractivity contribution in [3.63, 3.8) is 0 Å². The fourth-order valence-corrected chi connectivity index (χ4v) is 1.29. The van der Waals surface area contributed by atoms with Crippen LogP contribution in [-0.4, -0.2) is 37.0 Å². The summed E-state index contributed by atoms with van der Waals surface area (Å²) in [4.78, 5) is 0. The lowest BCUT2D eigenvalue weighted by molar-refractivity contribution is 0.135. The van der Waals surface area contributed by atoms with E-state index in [1.807, 2.05) is 6.92 Å². The molecule has 0 fully saturated rings. The van der Waals surface area contributed by atoms with Gasteiger partial charge in [0.05, 0.1) is 6.10 Å². The second kappa shape index (κ2) is 6.53. The van der Waals surface area contributed by atoms with Crippen LogP contribution in [0.5, 0.6) is 5.75 Å². The maximum Gasteiger partial charge on any atom is 0.488 e. The van der Waals surface area contributed by atoms with Crippen molar-refractivity contribution in [2.45, 2.75) is 19.4 Å². The van der Waals surface area contributed by atoms with Crippen LogP contribution in [0, 0.1) is 0 Å². The first kappa shape index (κ1) is 13.0. The Labute approximate surface area is 96.0 Å². The summed E-state index contributed by atoms with van der Waals surface area (Å²) in [6.07, 6.45) is 0.894. The summed E-state index contributed by atoms with van der Waals surface area (Å²) in [7, 11) is 0.226. The lowest BCUT2D eigenvalue weighted by Crippen LogP contribution is -2.29. The zero-order valence-electron chi connectivity index (χ0n) is 9.59. The van der Waals surface area contributed by atoms with E-state index >= 15 is 0 Å². The highest BCUT2D eigenvalue weighted by molar-refractivity contribution is 6.58. The number of benzene rings is 1. The van der Waals surface area contributed by atoms with Crippen LogP contribution < -0.4 is 10.2 Å². The molecular weight excluding hydrogens is 207 g/mol. The third-order valence-electron chi connectivity index (χ3n) is 2.24. The highest BCUT2D eigenvalue weighted by Crippen LogP contribution is 2.11. The third-order valence-corrected chi connectivity index (χ3v) is 2.24. The van der Waals surface area contributed by atoms with Gasteiger partial charge in [-0.1, -0.05) is 12.1 Å². The van der Waals surface area contributed by atoms with E-state index in [0.717, 1.165) is 6.42 Å². The van der Waals surface area contributed by atoms with Crippen LogP contribution in [0.3, 0.4) is 0 Å². The molecule has 2 N–H and O–H groups in total. The Morgan fingerprint density at radius 1 is 1.25 bits per heavy atom. The highest BCUT2D eigenvalue weighted by Gasteiger charge is 2.10. The van der Waals surface area contributed by atoms with Crippen LogP contribution in [-0.2, 0) is 4.74 Å². The number of rotatable bonds is 6. The third kappa shape index (κ3) is 4.22. The highest BCUT2D eigenvalue weighted by atomic mass is 16.5. The molecule has 16 heavy (non-hydrogen) atoms. The lowest BCUT2D eigenvalue weighted by atomic mass is 9.80. The molecule has 0 spiro atoms. The molecule has 0 bridgehead atoms. The maximum absolute atomic E-state index is 8.91. The van der Waals surface area contributed by atoms with E-state index in [4.69, 9.17) is 19.5 Å². The topological polar surface area (TPSA) is 58.9 Å². The van der Waals surface area contributed by atoms with E-state index in [0.29, 0.717) is 17.8 Å². The fourth-order valence-electron chi connectivity index (χ4n) is 1.29. The molecule has 0 aromatic heterocycles. The predicted molar refractivity (Wildman–Crippen MR) is 62.9 cm³/mol. The van der Waals surface area contributed by atoms with Crippen LogP contribution in [0.1, 0.15) is 13.3 Å². The largest absolute Gasteiger partial charge is 0.491 e. The SMILES string of the molecule is COCCC(C)Oc1ccc(B(O)O)cc1. The summed E-state index contributed by atoms with van der Waals surface area (Å²) < 4.78 is 10.6. The van der Waals surface area contributed by atoms with Crippen LogP contribution in [0.15, 0.2) is 24.3 Å². The van der Waals surface area contributed by atoms with Crippen molar-refractivity contribution in [1.29, 1.82) is 0 Å². The normalized spacial score (nSPS) is 12.2. The molecule has 1 unspecified atom stereocenters. The molecule has 0 radical (unpaired) electrons. The quantitative estimate of drug-likeness (QED) is 0.676. The van der Waals surface area contributed by atoms with Gasteiger partial charge in [-0.3, -0.25) is 0 Å². The lowest BCUT2D eigenvalue weighted by Gasteiger charge is -2.14. The van der Waals surface area contributed by atoms with E-state index in [1.54, 1.807) is 31.4 Å². The van der Waals surface area contributed by atoms with Gasteiger partial charge in [0.15, 0.2) is 0 Å². The van der Waals surface area contributed by atoms with Crippen LogP contribution in [0.2, 0.25) is 0 Å². The first-order valence-corrected chi connectivity index (χ1v) is 5.25. The summed E-state index contributed by atoms with van der Waals surface area (Å²) in [5.41, 5.74) is 0.455. The smallest absolute Gasteiger partial charge is 0.488 e. The first-order chi connectivity index (χ1) is 7.63. The maximum atomic E-state index is 8.91. The molecule has 1 aromatic carbocycles. The van der Waals surface area contributed by atoms with Gasteiger partial charge in [0.25, 0.3) is 0 Å². The van der Waals surface area contributed by atoms with E-state index in [2.05, 4.69) is 0 Å². The summed E-state index contributed by atoms with van der Waals surface area (Å²) in [6, 6.07) is 6.70. The predicted octanol–water partition coefficient (Wildman–Crippen LogP) is 0.170. The first-order valence-electron chi connectivity index (χ1n) is 5.25. The second-order valence-electron chi connectivity index (χ2n) is 3.65. The molecule has 0 heterocycles. The molecule has 0 aliphatic rings. The van der Waals surface area contributed by atoms with Gasteiger partial charge in [-0.2, -0.15) is 0 Å². The van der Waals surface area contributed by atoms with Gasteiger partial charge in [0.1, 0.15) is 5.75 Å². The van der Waals surface area contributed by atoms with Crippen molar-refractivity contribution in [2.75, 3.05) is 13.7 Å². The number of ether oxygens (including phenoxy) is 2. The molecule has 0 saturated carbocycles. The number of hydrogen-bond acceptors (Lipinski definition) is 4. The Bertz CT molecular complexity index is 299. The van der Waals surface area contributed by atoms with Gasteiger partial charge in [-0.05, 0) is 24.5 Å². The molecule has 5 heteroatoms. The molecule has 1 aromatic rings. The van der Waals surface area contributed by atoms with E-state index < -0.39 is 7.12 Å². The zero-order valence-corrected chi connectivity index (χ0v) is 9.59. The second-order valence-corrected chi connectivity index (χ2v) is 3.65. The van der Waals surface area contributed by atoms with Crippen LogP contribution in [0.25, 0.3) is 0 Å². The molecular formula is C11H17BO4. The fraction of sp³-hybridized carbons (Fsp3) is 0.455. The van der Waals surface area contributed by atoms with Crippen LogP contribution in [0.4, 0.5) is 0 Å². The van der Waals surface area contributed by atoms with Crippen molar-refractivity contribution in [2.24, 2.45) is 0 Å². The molecule has 1 atom stereocenters. The van der Waals surface area contributed by atoms with Gasteiger partial charge < -0.3 is 19.5 Å². The summed E-state index contributed by atoms with van der Waals surface area (Å²) in [5, 5.41) is 17.8. The monoisotopic (exact) mass is 224 g/mol. The number of methoxy groups -OCH3 is 1. The van der Waals surface area contributed by atoms with E-state index in [1.165, 1.54) is 0 Å². The zero-order chi connectivity index (χ0) is 12.0. The summed E-state index contributed by atoms with van der Waals surface area (Å²) in [5.74, 6) is 0.716. The van der Waals surface area contributed by atoms with E-state index in [-0.39, 0.29) is 6.10 Å². The van der Waals surface area contributed by atoms with Gasteiger partial charge in [0, 0.05) is 20.1 Å². The van der Waals surface area contributed by atoms with Crippen molar-refractivity contribution in [3.8, 4) is 5.75 Å². The average Bonchev–Trinajstić information content (AvgIpc) is 2.27. The van der Waals surface area contributed by atoms with Crippen molar-refractivity contribution in [3.05, 3.63) is 24.3 Å². The Hall–Kier alpha value is -1.04. The van der Waals surface area contributed by atoms with Gasteiger partial charge >= 0.3 is 7.12 Å². The molecule has 0 saturated heterocycles. The van der Waals surface area contributed by atoms with E-state index in [9.17, 15) is 0 Å². The molecule has 0 amide bonds. The Kier molecular flexibility index (Phi) is 5.32. The standard InChI is InChI=1S/C11H17BO4/c1-9(7-8-15-2)16-11-5-3-10(4-6-11)12(13)14/h3-6,9,13-14H,7-8H2,1-2H3. The molecule has 0 aliphatic carbocycles. The van der Waals surface area contributed by atoms with Crippen molar-refractivity contribution < 1.29 is 19.5 Å². The van der Waals surface area contributed by atoms with Crippen molar-refractivity contribution >= 4 is 12.6 Å².